The van der Waals surface area contributed by atoms with E-state index in [0.717, 1.165) is 0 Å². The summed E-state index contributed by atoms with van der Waals surface area (Å²) in [5.74, 6) is 1.20. The number of benzene rings is 1. The van der Waals surface area contributed by atoms with Gasteiger partial charge >= 0.3 is 0 Å². The standard InChI is InChI=1S/C16H19N3O3/c1-11(2)15-17-14(18-22-15)13-10-21-9-8-19(13)16(20)12-6-4-3-5-7-12/h3-7,11,13H,8-10H2,1-2H3/t13-/m1/s1. The van der Waals surface area contributed by atoms with Crippen LogP contribution in [0.3, 0.4) is 0 Å². The van der Waals surface area contributed by atoms with Crippen molar-refractivity contribution < 1.29 is 14.1 Å². The molecule has 0 N–H and O–H groups in total. The van der Waals surface area contributed by atoms with Gasteiger partial charge in [-0.3, -0.25) is 4.79 Å². The maximum absolute atomic E-state index is 12.7. The van der Waals surface area contributed by atoms with Crippen molar-refractivity contribution in [3.05, 3.63) is 47.6 Å². The smallest absolute Gasteiger partial charge is 0.254 e. The van der Waals surface area contributed by atoms with E-state index in [1.807, 2.05) is 44.2 Å². The number of amides is 1. The van der Waals surface area contributed by atoms with Crippen molar-refractivity contribution in [2.75, 3.05) is 19.8 Å². The predicted octanol–water partition coefficient (Wildman–Crippen LogP) is 2.41. The van der Waals surface area contributed by atoms with E-state index >= 15 is 0 Å². The Morgan fingerprint density at radius 1 is 1.32 bits per heavy atom. The largest absolute Gasteiger partial charge is 0.377 e. The van der Waals surface area contributed by atoms with Crippen molar-refractivity contribution in [2.45, 2.75) is 25.8 Å². The van der Waals surface area contributed by atoms with E-state index in [2.05, 4.69) is 10.1 Å². The zero-order valence-corrected chi connectivity index (χ0v) is 12.7. The van der Waals surface area contributed by atoms with Crippen LogP contribution in [0.15, 0.2) is 34.9 Å². The second-order valence-electron chi connectivity index (χ2n) is 5.60. The van der Waals surface area contributed by atoms with Crippen LogP contribution >= 0.6 is 0 Å². The number of morpholine rings is 1. The molecule has 0 spiro atoms. The SMILES string of the molecule is CC(C)c1nc([C@H]2COCCN2C(=O)c2ccccc2)no1. The Balaban J connectivity index is 1.86. The number of rotatable bonds is 3. The molecule has 0 radical (unpaired) electrons. The Morgan fingerprint density at radius 2 is 2.09 bits per heavy atom. The first-order valence-corrected chi connectivity index (χ1v) is 7.44. The molecular weight excluding hydrogens is 282 g/mol. The number of hydrogen-bond acceptors (Lipinski definition) is 5. The van der Waals surface area contributed by atoms with Crippen LogP contribution in [-0.4, -0.2) is 40.7 Å². The second kappa shape index (κ2) is 6.27. The van der Waals surface area contributed by atoms with Crippen LogP contribution in [0.1, 0.15) is 47.9 Å². The van der Waals surface area contributed by atoms with Gasteiger partial charge < -0.3 is 14.2 Å². The number of hydrogen-bond donors (Lipinski definition) is 0. The highest BCUT2D eigenvalue weighted by molar-refractivity contribution is 5.94. The first kappa shape index (κ1) is 14.7. The average Bonchev–Trinajstić information content (AvgIpc) is 3.05. The lowest BCUT2D eigenvalue weighted by molar-refractivity contribution is -0.00576. The Hall–Kier alpha value is -2.21. The fourth-order valence-electron chi connectivity index (χ4n) is 2.42. The molecule has 6 heteroatoms. The van der Waals surface area contributed by atoms with Gasteiger partial charge in [0.25, 0.3) is 5.91 Å². The summed E-state index contributed by atoms with van der Waals surface area (Å²) >= 11 is 0. The molecule has 1 saturated heterocycles. The van der Waals surface area contributed by atoms with E-state index in [4.69, 9.17) is 9.26 Å². The third-order valence-electron chi connectivity index (χ3n) is 3.66. The summed E-state index contributed by atoms with van der Waals surface area (Å²) in [6, 6.07) is 8.91. The van der Waals surface area contributed by atoms with Gasteiger partial charge in [-0.05, 0) is 12.1 Å². The van der Waals surface area contributed by atoms with Crippen molar-refractivity contribution in [1.29, 1.82) is 0 Å². The van der Waals surface area contributed by atoms with Gasteiger partial charge in [0, 0.05) is 18.0 Å². The normalized spacial score (nSPS) is 18.7. The number of carbonyl (C=O) groups excluding carboxylic acids is 1. The van der Waals surface area contributed by atoms with E-state index in [1.54, 1.807) is 4.90 Å². The minimum Gasteiger partial charge on any atom is -0.377 e. The fraction of sp³-hybridized carbons (Fsp3) is 0.438. The first-order chi connectivity index (χ1) is 10.7. The van der Waals surface area contributed by atoms with Crippen LogP contribution in [0.2, 0.25) is 0 Å². The number of nitrogens with zero attached hydrogens (tertiary/aromatic N) is 3. The highest BCUT2D eigenvalue weighted by atomic mass is 16.5. The Kier molecular flexibility index (Phi) is 4.20. The average molecular weight is 301 g/mol. The van der Waals surface area contributed by atoms with Gasteiger partial charge in [0.2, 0.25) is 5.89 Å². The fourth-order valence-corrected chi connectivity index (χ4v) is 2.42. The summed E-state index contributed by atoms with van der Waals surface area (Å²) in [4.78, 5) is 18.9. The minimum atomic E-state index is -0.308. The summed E-state index contributed by atoms with van der Waals surface area (Å²) < 4.78 is 10.8. The van der Waals surface area contributed by atoms with E-state index in [1.165, 1.54) is 0 Å². The van der Waals surface area contributed by atoms with Crippen molar-refractivity contribution in [3.63, 3.8) is 0 Å². The summed E-state index contributed by atoms with van der Waals surface area (Å²) in [5.41, 5.74) is 0.655. The Morgan fingerprint density at radius 3 is 2.77 bits per heavy atom. The zero-order valence-electron chi connectivity index (χ0n) is 12.7. The van der Waals surface area contributed by atoms with Gasteiger partial charge in [-0.1, -0.05) is 37.2 Å². The van der Waals surface area contributed by atoms with Crippen LogP contribution in [0.5, 0.6) is 0 Å². The molecule has 0 aliphatic carbocycles. The van der Waals surface area contributed by atoms with Gasteiger partial charge in [-0.2, -0.15) is 4.98 Å². The molecule has 6 nitrogen and oxygen atoms in total. The topological polar surface area (TPSA) is 68.5 Å². The van der Waals surface area contributed by atoms with Crippen molar-refractivity contribution in [1.82, 2.24) is 15.0 Å². The molecule has 1 amide bonds. The Labute approximate surface area is 129 Å². The van der Waals surface area contributed by atoms with E-state index in [0.29, 0.717) is 37.0 Å². The third kappa shape index (κ3) is 2.87. The minimum absolute atomic E-state index is 0.0372. The molecule has 1 fully saturated rings. The molecule has 22 heavy (non-hydrogen) atoms. The summed E-state index contributed by atoms with van der Waals surface area (Å²) in [6.45, 7) is 5.40. The van der Waals surface area contributed by atoms with Crippen molar-refractivity contribution in [2.24, 2.45) is 0 Å². The molecule has 1 aliphatic rings. The van der Waals surface area contributed by atoms with E-state index < -0.39 is 0 Å². The highest BCUT2D eigenvalue weighted by Crippen LogP contribution is 2.25. The van der Waals surface area contributed by atoms with Crippen LogP contribution in [-0.2, 0) is 4.74 Å². The van der Waals surface area contributed by atoms with Gasteiger partial charge in [-0.15, -0.1) is 0 Å². The molecule has 2 aromatic rings. The number of carbonyl (C=O) groups is 1. The van der Waals surface area contributed by atoms with Gasteiger partial charge in [0.1, 0.15) is 6.04 Å². The molecule has 1 atom stereocenters. The molecule has 3 rings (SSSR count). The molecule has 1 aromatic heterocycles. The van der Waals surface area contributed by atoms with Crippen LogP contribution in [0.25, 0.3) is 0 Å². The third-order valence-corrected chi connectivity index (χ3v) is 3.66. The first-order valence-electron chi connectivity index (χ1n) is 7.44. The molecule has 0 bridgehead atoms. The number of aromatic nitrogens is 2. The van der Waals surface area contributed by atoms with Crippen LogP contribution < -0.4 is 0 Å². The lowest BCUT2D eigenvalue weighted by Gasteiger charge is -2.33. The second-order valence-corrected chi connectivity index (χ2v) is 5.60. The summed E-state index contributed by atoms with van der Waals surface area (Å²) in [7, 11) is 0. The van der Waals surface area contributed by atoms with Crippen LogP contribution in [0.4, 0.5) is 0 Å². The lowest BCUT2D eigenvalue weighted by atomic mass is 10.1. The molecule has 1 aromatic carbocycles. The molecule has 116 valence electrons. The molecule has 2 heterocycles. The van der Waals surface area contributed by atoms with Crippen molar-refractivity contribution in [3.8, 4) is 0 Å². The highest BCUT2D eigenvalue weighted by Gasteiger charge is 2.32. The van der Waals surface area contributed by atoms with Crippen molar-refractivity contribution >= 4 is 5.91 Å². The maximum Gasteiger partial charge on any atom is 0.254 e. The lowest BCUT2D eigenvalue weighted by Crippen LogP contribution is -2.43. The summed E-state index contributed by atoms with van der Waals surface area (Å²) in [6.07, 6.45) is 0. The van der Waals surface area contributed by atoms with E-state index in [9.17, 15) is 4.79 Å². The van der Waals surface area contributed by atoms with E-state index in [-0.39, 0.29) is 17.9 Å². The van der Waals surface area contributed by atoms with Crippen LogP contribution in [0, 0.1) is 0 Å². The summed E-state index contributed by atoms with van der Waals surface area (Å²) in [5, 5.41) is 4.03. The molecule has 1 aliphatic heterocycles. The van der Waals surface area contributed by atoms with Gasteiger partial charge in [-0.25, -0.2) is 0 Å². The molecule has 0 unspecified atom stereocenters. The predicted molar refractivity (Wildman–Crippen MR) is 79.4 cm³/mol. The quantitative estimate of drug-likeness (QED) is 0.870. The Bertz CT molecular complexity index is 639. The van der Waals surface area contributed by atoms with Gasteiger partial charge in [0.05, 0.1) is 13.2 Å². The molecular formula is C16H19N3O3. The zero-order chi connectivity index (χ0) is 15.5. The maximum atomic E-state index is 12.7. The molecule has 0 saturated carbocycles. The number of ether oxygens (including phenoxy) is 1. The van der Waals surface area contributed by atoms with Gasteiger partial charge in [0.15, 0.2) is 5.82 Å². The monoisotopic (exact) mass is 301 g/mol.